The lowest BCUT2D eigenvalue weighted by Crippen LogP contribution is -2.49. The Morgan fingerprint density at radius 1 is 1.17 bits per heavy atom. The summed E-state index contributed by atoms with van der Waals surface area (Å²) in [6, 6.07) is 6.13. The van der Waals surface area contributed by atoms with Crippen molar-refractivity contribution in [3.63, 3.8) is 0 Å². The fourth-order valence-corrected chi connectivity index (χ4v) is 3.84. The minimum Gasteiger partial charge on any atom is -0.477 e. The summed E-state index contributed by atoms with van der Waals surface area (Å²) in [5, 5.41) is 9.00. The number of aliphatic imine (C=N–C) groups is 1. The van der Waals surface area contributed by atoms with E-state index in [1.807, 2.05) is 6.07 Å². The summed E-state index contributed by atoms with van der Waals surface area (Å²) < 4.78 is 27.5. The van der Waals surface area contributed by atoms with Gasteiger partial charge in [-0.05, 0) is 31.0 Å². The molecule has 0 atom stereocenters. The van der Waals surface area contributed by atoms with Crippen LogP contribution in [0.3, 0.4) is 0 Å². The van der Waals surface area contributed by atoms with Gasteiger partial charge < -0.3 is 20.6 Å². The maximum Gasteiger partial charge on any atom is 0.352 e. The van der Waals surface area contributed by atoms with Gasteiger partial charge in [-0.2, -0.15) is 0 Å². The van der Waals surface area contributed by atoms with Gasteiger partial charge in [0.25, 0.3) is 5.92 Å². The number of nitrogens with zero attached hydrogens (tertiary/aromatic N) is 3. The van der Waals surface area contributed by atoms with Gasteiger partial charge in [0, 0.05) is 49.6 Å². The van der Waals surface area contributed by atoms with Gasteiger partial charge in [0.15, 0.2) is 0 Å². The summed E-state index contributed by atoms with van der Waals surface area (Å²) in [6.07, 6.45) is -1.48. The molecule has 1 aliphatic carbocycles. The van der Waals surface area contributed by atoms with E-state index in [0.29, 0.717) is 26.2 Å². The number of aliphatic carboxylic acids is 1. The normalized spacial score (nSPS) is 21.8. The molecule has 1 saturated carbocycles. The first-order valence-corrected chi connectivity index (χ1v) is 9.81. The molecule has 1 aromatic rings. The second kappa shape index (κ2) is 8.41. The van der Waals surface area contributed by atoms with E-state index in [1.165, 1.54) is 11.1 Å². The molecule has 2 fully saturated rings. The number of rotatable bonds is 4. The molecule has 0 spiro atoms. The Morgan fingerprint density at radius 2 is 1.83 bits per heavy atom. The van der Waals surface area contributed by atoms with Crippen molar-refractivity contribution in [1.82, 2.24) is 4.90 Å². The van der Waals surface area contributed by atoms with Crippen LogP contribution in [0.25, 0.3) is 0 Å². The number of benzene rings is 1. The van der Waals surface area contributed by atoms with Crippen molar-refractivity contribution in [3.05, 3.63) is 40.6 Å². The second-order valence-corrected chi connectivity index (χ2v) is 7.76. The predicted octanol–water partition coefficient (Wildman–Crippen LogP) is 2.12. The Labute approximate surface area is 173 Å². The van der Waals surface area contributed by atoms with E-state index < -0.39 is 30.4 Å². The summed E-state index contributed by atoms with van der Waals surface area (Å²) in [6.45, 7) is 6.18. The number of alkyl halides is 2. The lowest BCUT2D eigenvalue weighted by atomic mass is 10.1. The van der Waals surface area contributed by atoms with E-state index in [1.54, 1.807) is 4.90 Å². The summed E-state index contributed by atoms with van der Waals surface area (Å²) in [7, 11) is 0. The van der Waals surface area contributed by atoms with Gasteiger partial charge in [0.2, 0.25) is 5.91 Å². The molecular formula is C21H26F2N4O3. The quantitative estimate of drug-likeness (QED) is 0.727. The number of hydrogen-bond donors (Lipinski definition) is 2. The average molecular weight is 420 g/mol. The van der Waals surface area contributed by atoms with Crippen LogP contribution >= 0.6 is 0 Å². The van der Waals surface area contributed by atoms with E-state index in [4.69, 9.17) is 10.8 Å². The second-order valence-electron chi connectivity index (χ2n) is 7.76. The Hall–Kier alpha value is -2.97. The number of amides is 1. The number of hydrogen-bond acceptors (Lipinski definition) is 5. The van der Waals surface area contributed by atoms with Gasteiger partial charge in [0.05, 0.1) is 6.42 Å². The molecule has 0 aromatic heterocycles. The number of carboxylic acids is 1. The fraction of sp³-hybridized carbons (Fsp3) is 0.476. The van der Waals surface area contributed by atoms with Crippen LogP contribution in [0.4, 0.5) is 14.5 Å². The third-order valence-corrected chi connectivity index (χ3v) is 5.72. The minimum atomic E-state index is -3.10. The van der Waals surface area contributed by atoms with E-state index in [0.717, 1.165) is 5.69 Å². The number of allylic oxidation sites excluding steroid dienone is 1. The molecule has 2 aliphatic rings. The first kappa shape index (κ1) is 21.7. The zero-order chi connectivity index (χ0) is 22.1. The Kier molecular flexibility index (Phi) is 6.09. The zero-order valence-corrected chi connectivity index (χ0v) is 17.1. The summed E-state index contributed by atoms with van der Waals surface area (Å²) >= 11 is 0. The molecule has 0 bridgehead atoms. The van der Waals surface area contributed by atoms with Crippen molar-refractivity contribution in [2.24, 2.45) is 10.7 Å². The van der Waals surface area contributed by atoms with E-state index >= 15 is 0 Å². The summed E-state index contributed by atoms with van der Waals surface area (Å²) in [5.41, 5.74) is 8.09. The van der Waals surface area contributed by atoms with Crippen molar-refractivity contribution < 1.29 is 23.5 Å². The molecule has 1 amide bonds. The highest BCUT2D eigenvalue weighted by molar-refractivity contribution is 6.08. The number of anilines is 1. The maximum atomic E-state index is 13.7. The molecule has 3 N–H and O–H groups in total. The zero-order valence-electron chi connectivity index (χ0n) is 17.1. The van der Waals surface area contributed by atoms with Crippen LogP contribution in [0.1, 0.15) is 24.0 Å². The Bertz CT molecular complexity index is 919. The topological polar surface area (TPSA) is 99.2 Å². The number of carboxylic acid groups (broad SMARTS) is 1. The predicted molar refractivity (Wildman–Crippen MR) is 110 cm³/mol. The Balaban J connectivity index is 1.64. The largest absolute Gasteiger partial charge is 0.477 e. The molecule has 0 unspecified atom stereocenters. The molecule has 1 aliphatic heterocycles. The third kappa shape index (κ3) is 4.60. The SMILES string of the molecule is Cc1cccc(N2CCN(C(=O)CN=C3CC(F)(F)CC3=C(N)C(=O)O)CC2)c1C. The number of nitrogens with two attached hydrogens (primary N) is 1. The number of piperazine rings is 1. The fourth-order valence-electron chi connectivity index (χ4n) is 3.84. The molecule has 3 rings (SSSR count). The van der Waals surface area contributed by atoms with Crippen LogP contribution in [-0.2, 0) is 9.59 Å². The van der Waals surface area contributed by atoms with E-state index in [2.05, 4.69) is 35.9 Å². The molecular weight excluding hydrogens is 394 g/mol. The summed E-state index contributed by atoms with van der Waals surface area (Å²) in [4.78, 5) is 31.5. The molecule has 9 heteroatoms. The van der Waals surface area contributed by atoms with Crippen LogP contribution in [0, 0.1) is 13.8 Å². The van der Waals surface area contributed by atoms with E-state index in [9.17, 15) is 18.4 Å². The van der Waals surface area contributed by atoms with Gasteiger partial charge in [-0.25, -0.2) is 13.6 Å². The molecule has 7 nitrogen and oxygen atoms in total. The van der Waals surface area contributed by atoms with Crippen molar-refractivity contribution in [2.75, 3.05) is 37.6 Å². The lowest BCUT2D eigenvalue weighted by Gasteiger charge is -2.37. The number of carbonyl (C=O) groups is 2. The first-order chi connectivity index (χ1) is 14.1. The standard InChI is InChI=1S/C21H26F2N4O3/c1-13-4-3-5-17(14(13)2)26-6-8-27(9-7-26)18(28)12-25-16-11-21(22,23)10-15(16)19(24)20(29)30/h3-5H,6-12,24H2,1-2H3,(H,29,30). The molecule has 30 heavy (non-hydrogen) atoms. The smallest absolute Gasteiger partial charge is 0.352 e. The van der Waals surface area contributed by atoms with Gasteiger partial charge >= 0.3 is 5.97 Å². The molecule has 1 heterocycles. The first-order valence-electron chi connectivity index (χ1n) is 9.81. The minimum absolute atomic E-state index is 0.0951. The highest BCUT2D eigenvalue weighted by Gasteiger charge is 2.42. The van der Waals surface area contributed by atoms with Crippen LogP contribution in [0.5, 0.6) is 0 Å². The third-order valence-electron chi connectivity index (χ3n) is 5.72. The summed E-state index contributed by atoms with van der Waals surface area (Å²) in [5.74, 6) is -4.84. The molecule has 1 saturated heterocycles. The number of carbonyl (C=O) groups excluding carboxylic acids is 1. The maximum absolute atomic E-state index is 13.7. The number of halogens is 2. The van der Waals surface area contributed by atoms with Crippen LogP contribution in [0.15, 0.2) is 34.5 Å². The highest BCUT2D eigenvalue weighted by atomic mass is 19.3. The van der Waals surface area contributed by atoms with E-state index in [-0.39, 0.29) is 23.7 Å². The van der Waals surface area contributed by atoms with Crippen molar-refractivity contribution >= 4 is 23.3 Å². The Morgan fingerprint density at radius 3 is 2.47 bits per heavy atom. The van der Waals surface area contributed by atoms with Gasteiger partial charge in [-0.15, -0.1) is 0 Å². The van der Waals surface area contributed by atoms with Crippen LogP contribution < -0.4 is 10.6 Å². The van der Waals surface area contributed by atoms with Crippen molar-refractivity contribution in [2.45, 2.75) is 32.6 Å². The molecule has 162 valence electrons. The van der Waals surface area contributed by atoms with Gasteiger partial charge in [0.1, 0.15) is 12.2 Å². The molecule has 1 aromatic carbocycles. The van der Waals surface area contributed by atoms with Crippen LogP contribution in [0.2, 0.25) is 0 Å². The van der Waals surface area contributed by atoms with Crippen LogP contribution in [-0.4, -0.2) is 66.2 Å². The highest BCUT2D eigenvalue weighted by Crippen LogP contribution is 2.37. The average Bonchev–Trinajstić information content (AvgIpc) is 3.02. The molecule has 0 radical (unpaired) electrons. The van der Waals surface area contributed by atoms with Gasteiger partial charge in [-0.1, -0.05) is 12.1 Å². The monoisotopic (exact) mass is 420 g/mol. The van der Waals surface area contributed by atoms with Gasteiger partial charge in [-0.3, -0.25) is 9.79 Å². The van der Waals surface area contributed by atoms with Crippen molar-refractivity contribution in [3.8, 4) is 0 Å². The van der Waals surface area contributed by atoms with Crippen molar-refractivity contribution in [1.29, 1.82) is 0 Å². The lowest BCUT2D eigenvalue weighted by molar-refractivity contribution is -0.133. The number of aryl methyl sites for hydroxylation is 1.